The number of hydrogen-bond donors (Lipinski definition) is 1. The van der Waals surface area contributed by atoms with Gasteiger partial charge in [0, 0.05) is 11.6 Å². The molecule has 86 valence electrons. The Kier molecular flexibility index (Phi) is 6.60. The molecule has 0 aliphatic rings. The van der Waals surface area contributed by atoms with Crippen molar-refractivity contribution in [3.05, 3.63) is 16.6 Å². The summed E-state index contributed by atoms with van der Waals surface area (Å²) in [5.74, 6) is 0.809. The summed E-state index contributed by atoms with van der Waals surface area (Å²) in [6.45, 7) is 6.85. The molecule has 1 heterocycles. The minimum atomic E-state index is 0.809. The predicted octanol–water partition coefficient (Wildman–Crippen LogP) is 3.10. The Morgan fingerprint density at radius 1 is 1.47 bits per heavy atom. The molecule has 0 bridgehead atoms. The van der Waals surface area contributed by atoms with Gasteiger partial charge in [0.05, 0.1) is 5.01 Å². The number of unbranched alkanes of at least 4 members (excludes halogenated alkanes) is 1. The smallest absolute Gasteiger partial charge is 0.0924 e. The number of hydrogen-bond acceptors (Lipinski definition) is 3. The first-order valence-corrected chi connectivity index (χ1v) is 6.80. The Labute approximate surface area is 97.1 Å². The van der Waals surface area contributed by atoms with Gasteiger partial charge in [-0.3, -0.25) is 0 Å². The van der Waals surface area contributed by atoms with Gasteiger partial charge in [-0.1, -0.05) is 20.3 Å². The average Bonchev–Trinajstić information content (AvgIpc) is 2.75. The highest BCUT2D eigenvalue weighted by atomic mass is 32.1. The van der Waals surface area contributed by atoms with Gasteiger partial charge in [-0.25, -0.2) is 4.98 Å². The molecule has 1 unspecified atom stereocenters. The summed E-state index contributed by atoms with van der Waals surface area (Å²) in [5.41, 5.74) is 0. The molecule has 1 aromatic heterocycles. The minimum absolute atomic E-state index is 0.809. The fourth-order valence-electron chi connectivity index (χ4n) is 1.40. The van der Waals surface area contributed by atoms with Gasteiger partial charge in [0.1, 0.15) is 0 Å². The second kappa shape index (κ2) is 7.83. The minimum Gasteiger partial charge on any atom is -0.316 e. The first kappa shape index (κ1) is 12.7. The maximum absolute atomic E-state index is 4.27. The van der Waals surface area contributed by atoms with Crippen LogP contribution < -0.4 is 5.32 Å². The van der Waals surface area contributed by atoms with Crippen LogP contribution in [-0.4, -0.2) is 18.1 Å². The lowest BCUT2D eigenvalue weighted by atomic mass is 10.1. The topological polar surface area (TPSA) is 24.9 Å². The van der Waals surface area contributed by atoms with Gasteiger partial charge in [0.25, 0.3) is 0 Å². The third-order valence-electron chi connectivity index (χ3n) is 2.67. The lowest BCUT2D eigenvalue weighted by Gasteiger charge is -2.09. The van der Waals surface area contributed by atoms with Gasteiger partial charge in [0.2, 0.25) is 0 Å². The molecule has 1 N–H and O–H groups in total. The van der Waals surface area contributed by atoms with Gasteiger partial charge in [-0.2, -0.15) is 0 Å². The molecule has 0 aliphatic carbocycles. The van der Waals surface area contributed by atoms with Crippen molar-refractivity contribution in [2.24, 2.45) is 5.92 Å². The van der Waals surface area contributed by atoms with Crippen LogP contribution in [-0.2, 0) is 6.42 Å². The maximum atomic E-state index is 4.27. The summed E-state index contributed by atoms with van der Waals surface area (Å²) >= 11 is 1.76. The van der Waals surface area contributed by atoms with Crippen LogP contribution in [0.2, 0.25) is 0 Å². The Hall–Kier alpha value is -0.410. The second-order valence-electron chi connectivity index (χ2n) is 4.10. The summed E-state index contributed by atoms with van der Waals surface area (Å²) in [6, 6.07) is 0. The number of nitrogens with one attached hydrogen (secondary N) is 1. The van der Waals surface area contributed by atoms with E-state index in [2.05, 4.69) is 29.5 Å². The van der Waals surface area contributed by atoms with E-state index < -0.39 is 0 Å². The SMILES string of the molecule is CCC(C)CNCCCCc1nccs1. The lowest BCUT2D eigenvalue weighted by Crippen LogP contribution is -2.21. The normalized spacial score (nSPS) is 12.9. The molecule has 0 radical (unpaired) electrons. The van der Waals surface area contributed by atoms with Crippen LogP contribution in [0.4, 0.5) is 0 Å². The highest BCUT2D eigenvalue weighted by Gasteiger charge is 1.98. The average molecular weight is 226 g/mol. The molecule has 0 aliphatic heterocycles. The van der Waals surface area contributed by atoms with Crippen LogP contribution >= 0.6 is 11.3 Å². The zero-order valence-corrected chi connectivity index (χ0v) is 10.6. The van der Waals surface area contributed by atoms with Crippen molar-refractivity contribution in [3.63, 3.8) is 0 Å². The molecule has 0 fully saturated rings. The molecular weight excluding hydrogens is 204 g/mol. The highest BCUT2D eigenvalue weighted by Crippen LogP contribution is 2.07. The van der Waals surface area contributed by atoms with E-state index in [0.29, 0.717) is 0 Å². The van der Waals surface area contributed by atoms with Gasteiger partial charge < -0.3 is 5.32 Å². The lowest BCUT2D eigenvalue weighted by molar-refractivity contribution is 0.491. The molecule has 0 amide bonds. The van der Waals surface area contributed by atoms with Crippen molar-refractivity contribution < 1.29 is 0 Å². The third-order valence-corrected chi connectivity index (χ3v) is 3.51. The van der Waals surface area contributed by atoms with Crippen molar-refractivity contribution in [3.8, 4) is 0 Å². The molecule has 3 heteroatoms. The monoisotopic (exact) mass is 226 g/mol. The fourth-order valence-corrected chi connectivity index (χ4v) is 2.06. The van der Waals surface area contributed by atoms with Crippen LogP contribution in [0.1, 0.15) is 38.1 Å². The van der Waals surface area contributed by atoms with Crippen LogP contribution in [0.3, 0.4) is 0 Å². The molecule has 1 atom stereocenters. The molecule has 1 aromatic rings. The van der Waals surface area contributed by atoms with Crippen LogP contribution in [0.15, 0.2) is 11.6 Å². The Morgan fingerprint density at radius 2 is 2.33 bits per heavy atom. The Bertz CT molecular complexity index is 234. The van der Waals surface area contributed by atoms with E-state index in [9.17, 15) is 0 Å². The van der Waals surface area contributed by atoms with E-state index in [-0.39, 0.29) is 0 Å². The molecule has 0 saturated heterocycles. The first-order chi connectivity index (χ1) is 7.33. The largest absolute Gasteiger partial charge is 0.316 e. The van der Waals surface area contributed by atoms with Crippen LogP contribution in [0.5, 0.6) is 0 Å². The zero-order valence-electron chi connectivity index (χ0n) is 9.83. The van der Waals surface area contributed by atoms with E-state index in [4.69, 9.17) is 0 Å². The molecule has 0 aromatic carbocycles. The quantitative estimate of drug-likeness (QED) is 0.689. The summed E-state index contributed by atoms with van der Waals surface area (Å²) in [5, 5.41) is 6.83. The summed E-state index contributed by atoms with van der Waals surface area (Å²) in [6.07, 6.45) is 6.81. The van der Waals surface area contributed by atoms with Crippen molar-refractivity contribution in [1.29, 1.82) is 0 Å². The van der Waals surface area contributed by atoms with Gasteiger partial charge in [-0.05, 0) is 38.3 Å². The third kappa shape index (κ3) is 5.90. The van der Waals surface area contributed by atoms with E-state index >= 15 is 0 Å². The van der Waals surface area contributed by atoms with Gasteiger partial charge in [-0.15, -0.1) is 11.3 Å². The number of nitrogens with zero attached hydrogens (tertiary/aromatic N) is 1. The van der Waals surface area contributed by atoms with Crippen LogP contribution in [0, 0.1) is 5.92 Å². The summed E-state index contributed by atoms with van der Waals surface area (Å²) in [7, 11) is 0. The predicted molar refractivity (Wildman–Crippen MR) is 67.4 cm³/mol. The van der Waals surface area contributed by atoms with Gasteiger partial charge >= 0.3 is 0 Å². The fraction of sp³-hybridized carbons (Fsp3) is 0.750. The molecule has 1 rings (SSSR count). The summed E-state index contributed by atoms with van der Waals surface area (Å²) < 4.78 is 0. The molecule has 0 spiro atoms. The molecule has 2 nitrogen and oxygen atoms in total. The second-order valence-corrected chi connectivity index (χ2v) is 5.08. The van der Waals surface area contributed by atoms with Crippen molar-refractivity contribution in [1.82, 2.24) is 10.3 Å². The Morgan fingerprint density at radius 3 is 3.00 bits per heavy atom. The summed E-state index contributed by atoms with van der Waals surface area (Å²) in [4.78, 5) is 4.27. The first-order valence-electron chi connectivity index (χ1n) is 5.92. The van der Waals surface area contributed by atoms with Crippen molar-refractivity contribution >= 4 is 11.3 Å². The number of aromatic nitrogens is 1. The molecule has 0 saturated carbocycles. The highest BCUT2D eigenvalue weighted by molar-refractivity contribution is 7.09. The van der Waals surface area contributed by atoms with Crippen LogP contribution in [0.25, 0.3) is 0 Å². The van der Waals surface area contributed by atoms with Crippen molar-refractivity contribution in [2.45, 2.75) is 39.5 Å². The van der Waals surface area contributed by atoms with E-state index in [1.807, 2.05) is 6.20 Å². The number of rotatable bonds is 8. The maximum Gasteiger partial charge on any atom is 0.0924 e. The van der Waals surface area contributed by atoms with E-state index in [1.165, 1.54) is 24.3 Å². The van der Waals surface area contributed by atoms with Gasteiger partial charge in [0.15, 0.2) is 0 Å². The van der Waals surface area contributed by atoms with E-state index in [1.54, 1.807) is 11.3 Å². The van der Waals surface area contributed by atoms with Crippen molar-refractivity contribution in [2.75, 3.05) is 13.1 Å². The number of aryl methyl sites for hydroxylation is 1. The molecule has 15 heavy (non-hydrogen) atoms. The Balaban J connectivity index is 1.89. The standard InChI is InChI=1S/C12H22N2S/c1-3-11(2)10-13-7-5-4-6-12-14-8-9-15-12/h8-9,11,13H,3-7,10H2,1-2H3. The zero-order chi connectivity index (χ0) is 10.9. The molecular formula is C12H22N2S. The number of thiazole rings is 1. The van der Waals surface area contributed by atoms with E-state index in [0.717, 1.165) is 25.4 Å².